The number of carbonyl (C=O) groups is 1. The molecular weight excluding hydrogens is 322 g/mol. The summed E-state index contributed by atoms with van der Waals surface area (Å²) in [5, 5.41) is 0.0241. The average Bonchev–Trinajstić information content (AvgIpc) is 2.29. The van der Waals surface area contributed by atoms with E-state index in [9.17, 15) is 22.4 Å². The normalized spacial score (nSPS) is 12.4. The summed E-state index contributed by atoms with van der Waals surface area (Å²) in [7, 11) is 0. The van der Waals surface area contributed by atoms with Gasteiger partial charge in [-0.3, -0.25) is 4.79 Å². The van der Waals surface area contributed by atoms with Crippen molar-refractivity contribution in [2.45, 2.75) is 33.4 Å². The minimum atomic E-state index is -4.51. The number of benzene rings is 1. The number of nitrogens with zero attached hydrogens (tertiary/aromatic N) is 1. The van der Waals surface area contributed by atoms with Crippen LogP contribution < -0.4 is 0 Å². The van der Waals surface area contributed by atoms with Gasteiger partial charge >= 0.3 is 6.18 Å². The maximum atomic E-state index is 13.7. The lowest BCUT2D eigenvalue weighted by atomic mass is 9.95. The van der Waals surface area contributed by atoms with Gasteiger partial charge in [0.1, 0.15) is 12.4 Å². The average molecular weight is 340 g/mol. The van der Waals surface area contributed by atoms with Crippen LogP contribution >= 0.6 is 11.6 Å². The van der Waals surface area contributed by atoms with Crippen LogP contribution in [-0.2, 0) is 11.2 Å². The SMILES string of the molecule is CC(C)(C)CN(CC(F)(F)F)C(=O)Cc1c(F)cccc1Cl. The first-order chi connectivity index (χ1) is 9.89. The van der Waals surface area contributed by atoms with Crippen LogP contribution in [0.15, 0.2) is 18.2 Å². The Labute approximate surface area is 132 Å². The number of carbonyl (C=O) groups excluding carboxylic acids is 1. The Morgan fingerprint density at radius 1 is 1.18 bits per heavy atom. The number of halogens is 5. The monoisotopic (exact) mass is 339 g/mol. The van der Waals surface area contributed by atoms with Crippen molar-refractivity contribution in [3.63, 3.8) is 0 Å². The summed E-state index contributed by atoms with van der Waals surface area (Å²) in [5.41, 5.74) is -0.602. The predicted molar refractivity (Wildman–Crippen MR) is 77.2 cm³/mol. The maximum absolute atomic E-state index is 13.7. The van der Waals surface area contributed by atoms with Gasteiger partial charge in [0.25, 0.3) is 0 Å². The molecule has 0 bridgehead atoms. The summed E-state index contributed by atoms with van der Waals surface area (Å²) in [4.78, 5) is 12.9. The predicted octanol–water partition coefficient (Wildman–Crippen LogP) is 4.46. The van der Waals surface area contributed by atoms with Crippen LogP contribution in [0, 0.1) is 11.2 Å². The summed E-state index contributed by atoms with van der Waals surface area (Å²) in [6.07, 6.45) is -5.02. The topological polar surface area (TPSA) is 20.3 Å². The zero-order valence-electron chi connectivity index (χ0n) is 12.6. The number of amides is 1. The summed E-state index contributed by atoms with van der Waals surface area (Å²) in [6, 6.07) is 3.88. The molecule has 0 N–H and O–H groups in total. The van der Waals surface area contributed by atoms with Gasteiger partial charge in [-0.1, -0.05) is 38.4 Å². The molecule has 0 spiro atoms. The second-order valence-corrected chi connectivity index (χ2v) is 6.71. The summed E-state index contributed by atoms with van der Waals surface area (Å²) in [6.45, 7) is 3.71. The Hall–Kier alpha value is -1.30. The van der Waals surface area contributed by atoms with E-state index in [4.69, 9.17) is 11.6 Å². The maximum Gasteiger partial charge on any atom is 0.406 e. The van der Waals surface area contributed by atoms with Crippen molar-refractivity contribution in [3.05, 3.63) is 34.6 Å². The molecule has 7 heteroatoms. The van der Waals surface area contributed by atoms with Gasteiger partial charge in [0.15, 0.2) is 0 Å². The molecule has 1 aromatic carbocycles. The molecule has 1 aromatic rings. The van der Waals surface area contributed by atoms with Crippen LogP contribution in [0.1, 0.15) is 26.3 Å². The van der Waals surface area contributed by atoms with Crippen LogP contribution in [0.25, 0.3) is 0 Å². The molecule has 0 saturated carbocycles. The van der Waals surface area contributed by atoms with Crippen molar-refractivity contribution in [2.24, 2.45) is 5.41 Å². The van der Waals surface area contributed by atoms with Gasteiger partial charge in [-0.05, 0) is 17.5 Å². The van der Waals surface area contributed by atoms with Crippen molar-refractivity contribution in [1.82, 2.24) is 4.90 Å². The molecule has 0 radical (unpaired) electrons. The van der Waals surface area contributed by atoms with E-state index >= 15 is 0 Å². The molecule has 0 aliphatic carbocycles. The second-order valence-electron chi connectivity index (χ2n) is 6.30. The van der Waals surface area contributed by atoms with Crippen LogP contribution in [0.5, 0.6) is 0 Å². The van der Waals surface area contributed by atoms with E-state index in [1.807, 2.05) is 0 Å². The Morgan fingerprint density at radius 3 is 2.23 bits per heavy atom. The fourth-order valence-electron chi connectivity index (χ4n) is 1.99. The highest BCUT2D eigenvalue weighted by atomic mass is 35.5. The first kappa shape index (κ1) is 18.7. The van der Waals surface area contributed by atoms with Crippen LogP contribution in [0.4, 0.5) is 17.6 Å². The molecule has 0 saturated heterocycles. The van der Waals surface area contributed by atoms with Crippen LogP contribution in [-0.4, -0.2) is 30.1 Å². The number of alkyl halides is 3. The van der Waals surface area contributed by atoms with E-state index in [-0.39, 0.29) is 17.1 Å². The van der Waals surface area contributed by atoms with Gasteiger partial charge in [-0.25, -0.2) is 4.39 Å². The quantitative estimate of drug-likeness (QED) is 0.742. The zero-order valence-corrected chi connectivity index (χ0v) is 13.4. The highest BCUT2D eigenvalue weighted by Crippen LogP contribution is 2.24. The van der Waals surface area contributed by atoms with Gasteiger partial charge < -0.3 is 4.90 Å². The second kappa shape index (κ2) is 6.86. The first-order valence-corrected chi connectivity index (χ1v) is 7.04. The lowest BCUT2D eigenvalue weighted by Crippen LogP contribution is -2.44. The summed E-state index contributed by atoms with van der Waals surface area (Å²) >= 11 is 5.81. The van der Waals surface area contributed by atoms with E-state index < -0.39 is 36.3 Å². The number of hydrogen-bond donors (Lipinski definition) is 0. The van der Waals surface area contributed by atoms with Crippen LogP contribution in [0.2, 0.25) is 5.02 Å². The van der Waals surface area contributed by atoms with Gasteiger partial charge in [0.05, 0.1) is 6.42 Å². The smallest absolute Gasteiger partial charge is 0.333 e. The van der Waals surface area contributed by atoms with E-state index in [2.05, 4.69) is 0 Å². The molecule has 0 aliphatic rings. The molecule has 0 aliphatic heterocycles. The molecule has 0 unspecified atom stereocenters. The Kier molecular flexibility index (Phi) is 5.84. The lowest BCUT2D eigenvalue weighted by molar-refractivity contribution is -0.163. The van der Waals surface area contributed by atoms with Crippen molar-refractivity contribution < 1.29 is 22.4 Å². The highest BCUT2D eigenvalue weighted by Gasteiger charge is 2.35. The molecule has 0 heterocycles. The lowest BCUT2D eigenvalue weighted by Gasteiger charge is -2.31. The fraction of sp³-hybridized carbons (Fsp3) is 0.533. The molecular formula is C15H18ClF4NO. The van der Waals surface area contributed by atoms with Gasteiger partial charge in [0.2, 0.25) is 5.91 Å². The minimum absolute atomic E-state index is 0.0241. The minimum Gasteiger partial charge on any atom is -0.333 e. The third kappa shape index (κ3) is 6.22. The van der Waals surface area contributed by atoms with Gasteiger partial charge in [-0.15, -0.1) is 0 Å². The molecule has 124 valence electrons. The standard InChI is InChI=1S/C15H18ClF4NO/c1-14(2,3)8-21(9-15(18,19)20)13(22)7-10-11(16)5-4-6-12(10)17/h4-6H,7-9H2,1-3H3. The molecule has 0 aromatic heterocycles. The Bertz CT molecular complexity index is 501. The highest BCUT2D eigenvalue weighted by molar-refractivity contribution is 6.31. The first-order valence-electron chi connectivity index (χ1n) is 6.66. The Balaban J connectivity index is 2.97. The fourth-order valence-corrected chi connectivity index (χ4v) is 2.22. The Morgan fingerprint density at radius 2 is 1.77 bits per heavy atom. The van der Waals surface area contributed by atoms with Crippen LogP contribution in [0.3, 0.4) is 0 Å². The largest absolute Gasteiger partial charge is 0.406 e. The summed E-state index contributed by atoms with van der Waals surface area (Å²) in [5.74, 6) is -1.51. The van der Waals surface area contributed by atoms with Crippen molar-refractivity contribution in [1.29, 1.82) is 0 Å². The molecule has 22 heavy (non-hydrogen) atoms. The van der Waals surface area contributed by atoms with E-state index in [1.165, 1.54) is 12.1 Å². The van der Waals surface area contributed by atoms with Crippen molar-refractivity contribution in [3.8, 4) is 0 Å². The number of hydrogen-bond acceptors (Lipinski definition) is 1. The molecule has 0 atom stereocenters. The van der Waals surface area contributed by atoms with E-state index in [1.54, 1.807) is 20.8 Å². The number of rotatable bonds is 4. The van der Waals surface area contributed by atoms with E-state index in [0.29, 0.717) is 4.90 Å². The third-order valence-corrected chi connectivity index (χ3v) is 3.13. The van der Waals surface area contributed by atoms with Gasteiger partial charge in [-0.2, -0.15) is 13.2 Å². The molecule has 1 rings (SSSR count). The third-order valence-electron chi connectivity index (χ3n) is 2.78. The molecule has 0 fully saturated rings. The van der Waals surface area contributed by atoms with Gasteiger partial charge in [0, 0.05) is 17.1 Å². The van der Waals surface area contributed by atoms with E-state index in [0.717, 1.165) is 6.07 Å². The van der Waals surface area contributed by atoms with Crippen molar-refractivity contribution in [2.75, 3.05) is 13.1 Å². The molecule has 1 amide bonds. The zero-order chi connectivity index (χ0) is 17.1. The summed E-state index contributed by atoms with van der Waals surface area (Å²) < 4.78 is 51.6. The van der Waals surface area contributed by atoms with Crippen molar-refractivity contribution >= 4 is 17.5 Å². The molecule has 2 nitrogen and oxygen atoms in total.